The van der Waals surface area contributed by atoms with E-state index in [9.17, 15) is 9.90 Å². The van der Waals surface area contributed by atoms with Crippen molar-refractivity contribution in [1.82, 2.24) is 15.1 Å². The van der Waals surface area contributed by atoms with Crippen molar-refractivity contribution in [1.29, 1.82) is 0 Å². The summed E-state index contributed by atoms with van der Waals surface area (Å²) in [5.74, 6) is 0. The largest absolute Gasteiger partial charge is 0.388 e. The van der Waals surface area contributed by atoms with Crippen LogP contribution in [0.4, 0.5) is 4.79 Å². The summed E-state index contributed by atoms with van der Waals surface area (Å²) in [6.45, 7) is 4.87. The molecule has 0 bridgehead atoms. The molecular weight excluding hydrogens is 314 g/mol. The summed E-state index contributed by atoms with van der Waals surface area (Å²) in [4.78, 5) is 16.5. The normalized spacial score (nSPS) is 20.2. The molecule has 3 rings (SSSR count). The Kier molecular flexibility index (Phi) is 5.97. The zero-order valence-electron chi connectivity index (χ0n) is 15.3. The first-order chi connectivity index (χ1) is 12.1. The van der Waals surface area contributed by atoms with Gasteiger partial charge in [-0.1, -0.05) is 30.3 Å². The van der Waals surface area contributed by atoms with E-state index in [2.05, 4.69) is 10.2 Å². The minimum atomic E-state index is -0.526. The van der Waals surface area contributed by atoms with Gasteiger partial charge in [0.1, 0.15) is 0 Å². The standard InChI is InChI=1S/C20H31N3O2/c1-22(14-9-18(24)17-7-3-2-4-8-17)19(25)21-15-20(10-11-20)16-23-12-5-6-13-23/h2-4,7-8,18,24H,5-6,9-16H2,1H3,(H,21,25)/t18-/m1/s1. The van der Waals surface area contributed by atoms with Gasteiger partial charge in [-0.3, -0.25) is 0 Å². The van der Waals surface area contributed by atoms with E-state index < -0.39 is 6.10 Å². The number of nitrogens with one attached hydrogen (secondary N) is 1. The van der Waals surface area contributed by atoms with Gasteiger partial charge in [0.05, 0.1) is 6.10 Å². The SMILES string of the molecule is CN(CC[C@@H](O)c1ccccc1)C(=O)NCC1(CN2CCCC2)CC1. The van der Waals surface area contributed by atoms with Gasteiger partial charge in [-0.05, 0) is 50.8 Å². The summed E-state index contributed by atoms with van der Waals surface area (Å²) in [7, 11) is 1.80. The lowest BCUT2D eigenvalue weighted by molar-refractivity contribution is 0.149. The molecule has 1 atom stereocenters. The third-order valence-corrected chi connectivity index (χ3v) is 5.60. The number of nitrogens with zero attached hydrogens (tertiary/aromatic N) is 2. The highest BCUT2D eigenvalue weighted by molar-refractivity contribution is 5.73. The molecule has 1 aromatic carbocycles. The van der Waals surface area contributed by atoms with E-state index in [1.165, 1.54) is 38.8 Å². The van der Waals surface area contributed by atoms with Gasteiger partial charge in [0.25, 0.3) is 0 Å². The lowest BCUT2D eigenvalue weighted by Crippen LogP contribution is -2.43. The average molecular weight is 345 g/mol. The number of likely N-dealkylation sites (tertiary alicyclic amines) is 1. The first-order valence-corrected chi connectivity index (χ1v) is 9.52. The second-order valence-electron chi connectivity index (χ2n) is 7.78. The van der Waals surface area contributed by atoms with Crippen molar-refractivity contribution in [2.75, 3.05) is 39.8 Å². The molecule has 2 amide bonds. The summed E-state index contributed by atoms with van der Waals surface area (Å²) in [5, 5.41) is 13.3. The lowest BCUT2D eigenvalue weighted by Gasteiger charge is -2.25. The van der Waals surface area contributed by atoms with Gasteiger partial charge in [-0.2, -0.15) is 0 Å². The lowest BCUT2D eigenvalue weighted by atomic mass is 10.1. The predicted octanol–water partition coefficient (Wildman–Crippen LogP) is 2.63. The van der Waals surface area contributed by atoms with Crippen molar-refractivity contribution in [2.24, 2.45) is 5.41 Å². The number of carbonyl (C=O) groups is 1. The van der Waals surface area contributed by atoms with Gasteiger partial charge in [0, 0.05) is 32.1 Å². The molecule has 138 valence electrons. The molecule has 0 aromatic heterocycles. The number of hydrogen-bond acceptors (Lipinski definition) is 3. The van der Waals surface area contributed by atoms with Gasteiger partial charge in [-0.25, -0.2) is 4.79 Å². The Bertz CT molecular complexity index is 553. The number of urea groups is 1. The van der Waals surface area contributed by atoms with Crippen LogP contribution in [-0.4, -0.2) is 60.7 Å². The van der Waals surface area contributed by atoms with E-state index in [0.29, 0.717) is 18.4 Å². The third kappa shape index (κ3) is 5.19. The average Bonchev–Trinajstić information content (AvgIpc) is 3.21. The Hall–Kier alpha value is -1.59. The number of aliphatic hydroxyl groups excluding tert-OH is 1. The molecule has 1 aliphatic carbocycles. The van der Waals surface area contributed by atoms with Crippen molar-refractivity contribution in [3.8, 4) is 0 Å². The topological polar surface area (TPSA) is 55.8 Å². The summed E-state index contributed by atoms with van der Waals surface area (Å²) >= 11 is 0. The van der Waals surface area contributed by atoms with Crippen LogP contribution in [-0.2, 0) is 0 Å². The molecule has 25 heavy (non-hydrogen) atoms. The second kappa shape index (κ2) is 8.19. The van der Waals surface area contributed by atoms with Gasteiger partial charge in [-0.15, -0.1) is 0 Å². The van der Waals surface area contributed by atoms with Gasteiger partial charge in [0.15, 0.2) is 0 Å². The Labute approximate surface area is 151 Å². The molecule has 1 heterocycles. The first-order valence-electron chi connectivity index (χ1n) is 9.52. The van der Waals surface area contributed by atoms with Crippen molar-refractivity contribution in [3.05, 3.63) is 35.9 Å². The van der Waals surface area contributed by atoms with Crippen molar-refractivity contribution in [2.45, 2.75) is 38.2 Å². The zero-order chi connectivity index (χ0) is 17.7. The second-order valence-corrected chi connectivity index (χ2v) is 7.78. The summed E-state index contributed by atoms with van der Waals surface area (Å²) in [6, 6.07) is 9.58. The van der Waals surface area contributed by atoms with E-state index in [0.717, 1.165) is 18.7 Å². The molecule has 1 saturated heterocycles. The summed E-state index contributed by atoms with van der Waals surface area (Å²) in [6.07, 6.45) is 5.10. The van der Waals surface area contributed by atoms with Crippen LogP contribution in [0.25, 0.3) is 0 Å². The van der Waals surface area contributed by atoms with Crippen LogP contribution >= 0.6 is 0 Å². The quantitative estimate of drug-likeness (QED) is 0.761. The van der Waals surface area contributed by atoms with E-state index in [1.54, 1.807) is 11.9 Å². The maximum atomic E-state index is 12.3. The molecule has 2 fully saturated rings. The Morgan fingerprint density at radius 3 is 2.60 bits per heavy atom. The zero-order valence-corrected chi connectivity index (χ0v) is 15.3. The van der Waals surface area contributed by atoms with Crippen LogP contribution in [0, 0.1) is 5.41 Å². The van der Waals surface area contributed by atoms with E-state index in [1.807, 2.05) is 30.3 Å². The van der Waals surface area contributed by atoms with Crippen molar-refractivity contribution >= 4 is 6.03 Å². The number of rotatable bonds is 8. The highest BCUT2D eigenvalue weighted by Gasteiger charge is 2.44. The van der Waals surface area contributed by atoms with Gasteiger partial charge in [0.2, 0.25) is 0 Å². The van der Waals surface area contributed by atoms with E-state index in [4.69, 9.17) is 0 Å². The number of hydrogen-bond donors (Lipinski definition) is 2. The van der Waals surface area contributed by atoms with Crippen LogP contribution in [0.5, 0.6) is 0 Å². The van der Waals surface area contributed by atoms with E-state index >= 15 is 0 Å². The molecule has 5 heteroatoms. The molecule has 1 saturated carbocycles. The molecule has 2 N–H and O–H groups in total. The fraction of sp³-hybridized carbons (Fsp3) is 0.650. The van der Waals surface area contributed by atoms with Gasteiger partial charge < -0.3 is 20.2 Å². The Morgan fingerprint density at radius 1 is 1.28 bits per heavy atom. The molecule has 1 aromatic rings. The number of benzene rings is 1. The third-order valence-electron chi connectivity index (χ3n) is 5.60. The molecule has 1 aliphatic heterocycles. The minimum absolute atomic E-state index is 0.0343. The van der Waals surface area contributed by atoms with Crippen LogP contribution in [0.1, 0.15) is 43.8 Å². The molecule has 2 aliphatic rings. The highest BCUT2D eigenvalue weighted by Crippen LogP contribution is 2.46. The van der Waals surface area contributed by atoms with E-state index in [-0.39, 0.29) is 6.03 Å². The predicted molar refractivity (Wildman–Crippen MR) is 99.4 cm³/mol. The number of amides is 2. The van der Waals surface area contributed by atoms with Crippen LogP contribution < -0.4 is 5.32 Å². The monoisotopic (exact) mass is 345 g/mol. The maximum absolute atomic E-state index is 12.3. The van der Waals surface area contributed by atoms with Crippen molar-refractivity contribution < 1.29 is 9.90 Å². The summed E-state index contributed by atoms with van der Waals surface area (Å²) < 4.78 is 0. The number of carbonyl (C=O) groups excluding carboxylic acids is 1. The fourth-order valence-corrected chi connectivity index (χ4v) is 3.64. The van der Waals surface area contributed by atoms with Crippen LogP contribution in [0.2, 0.25) is 0 Å². The Balaban J connectivity index is 1.37. The van der Waals surface area contributed by atoms with Gasteiger partial charge >= 0.3 is 6.03 Å². The molecule has 5 nitrogen and oxygen atoms in total. The highest BCUT2D eigenvalue weighted by atomic mass is 16.3. The maximum Gasteiger partial charge on any atom is 0.317 e. The fourth-order valence-electron chi connectivity index (χ4n) is 3.64. The summed E-state index contributed by atoms with van der Waals surface area (Å²) in [5.41, 5.74) is 1.21. The molecule has 0 unspecified atom stereocenters. The molecule has 0 spiro atoms. The molecule has 0 radical (unpaired) electrons. The Morgan fingerprint density at radius 2 is 1.96 bits per heavy atom. The molecular formula is C20H31N3O2. The minimum Gasteiger partial charge on any atom is -0.388 e. The first kappa shape index (κ1) is 18.2. The van der Waals surface area contributed by atoms with Crippen LogP contribution in [0.15, 0.2) is 30.3 Å². The number of aliphatic hydroxyl groups is 1. The smallest absolute Gasteiger partial charge is 0.317 e. The van der Waals surface area contributed by atoms with Crippen molar-refractivity contribution in [3.63, 3.8) is 0 Å². The van der Waals surface area contributed by atoms with Crippen LogP contribution in [0.3, 0.4) is 0 Å².